The standard InChI is InChI=1S/C14H8BrF4NO2/c15-7-1-4-12(11(16)5-7)20-13(22)9-6-8(21)2-3-10(9)14(17,18)19/h1-6,21H,(H,20,22). The molecule has 0 aliphatic heterocycles. The highest BCUT2D eigenvalue weighted by Crippen LogP contribution is 2.34. The number of hydrogen-bond donors (Lipinski definition) is 2. The fourth-order valence-corrected chi connectivity index (χ4v) is 2.08. The van der Waals surface area contributed by atoms with Gasteiger partial charge in [-0.25, -0.2) is 4.39 Å². The molecule has 0 unspecified atom stereocenters. The number of alkyl halides is 3. The van der Waals surface area contributed by atoms with E-state index in [0.29, 0.717) is 16.6 Å². The van der Waals surface area contributed by atoms with Crippen LogP contribution in [0.25, 0.3) is 0 Å². The molecule has 2 rings (SSSR count). The van der Waals surface area contributed by atoms with Crippen molar-refractivity contribution < 1.29 is 27.5 Å². The molecule has 0 fully saturated rings. The lowest BCUT2D eigenvalue weighted by atomic mass is 10.1. The van der Waals surface area contributed by atoms with Gasteiger partial charge in [0.25, 0.3) is 5.91 Å². The van der Waals surface area contributed by atoms with Gasteiger partial charge in [0.05, 0.1) is 16.8 Å². The SMILES string of the molecule is O=C(Nc1ccc(Br)cc1F)c1cc(O)ccc1C(F)(F)F. The average molecular weight is 378 g/mol. The van der Waals surface area contributed by atoms with Gasteiger partial charge in [0.2, 0.25) is 0 Å². The van der Waals surface area contributed by atoms with Crippen molar-refractivity contribution in [3.63, 3.8) is 0 Å². The quantitative estimate of drug-likeness (QED) is 0.753. The van der Waals surface area contributed by atoms with E-state index in [2.05, 4.69) is 15.9 Å². The van der Waals surface area contributed by atoms with Gasteiger partial charge in [0, 0.05) is 4.47 Å². The molecular weight excluding hydrogens is 370 g/mol. The van der Waals surface area contributed by atoms with E-state index >= 15 is 0 Å². The summed E-state index contributed by atoms with van der Waals surface area (Å²) in [6, 6.07) is 5.76. The molecule has 0 aliphatic rings. The average Bonchev–Trinajstić information content (AvgIpc) is 2.40. The van der Waals surface area contributed by atoms with Gasteiger partial charge < -0.3 is 10.4 Å². The largest absolute Gasteiger partial charge is 0.508 e. The van der Waals surface area contributed by atoms with Crippen LogP contribution >= 0.6 is 15.9 Å². The summed E-state index contributed by atoms with van der Waals surface area (Å²) in [6.45, 7) is 0. The summed E-state index contributed by atoms with van der Waals surface area (Å²) in [5.74, 6) is -2.49. The second-order valence-electron chi connectivity index (χ2n) is 4.31. The second kappa shape index (κ2) is 5.96. The molecule has 0 heterocycles. The molecule has 0 bridgehead atoms. The molecule has 0 saturated heterocycles. The summed E-state index contributed by atoms with van der Waals surface area (Å²) in [4.78, 5) is 12.0. The fraction of sp³-hybridized carbons (Fsp3) is 0.0714. The summed E-state index contributed by atoms with van der Waals surface area (Å²) in [7, 11) is 0. The number of anilines is 1. The van der Waals surface area contributed by atoms with Gasteiger partial charge >= 0.3 is 6.18 Å². The molecule has 2 N–H and O–H groups in total. The Balaban J connectivity index is 2.39. The number of phenols is 1. The monoisotopic (exact) mass is 377 g/mol. The maximum Gasteiger partial charge on any atom is 0.417 e. The molecule has 0 aromatic heterocycles. The van der Waals surface area contributed by atoms with E-state index in [1.165, 1.54) is 12.1 Å². The molecule has 3 nitrogen and oxygen atoms in total. The van der Waals surface area contributed by atoms with Gasteiger partial charge in [-0.1, -0.05) is 15.9 Å². The zero-order valence-electron chi connectivity index (χ0n) is 10.7. The van der Waals surface area contributed by atoms with Crippen LogP contribution in [-0.4, -0.2) is 11.0 Å². The van der Waals surface area contributed by atoms with E-state index in [9.17, 15) is 27.5 Å². The third kappa shape index (κ3) is 3.56. The van der Waals surface area contributed by atoms with Gasteiger partial charge in [-0.2, -0.15) is 13.2 Å². The molecule has 2 aromatic carbocycles. The van der Waals surface area contributed by atoms with Crippen LogP contribution in [0.4, 0.5) is 23.2 Å². The number of carbonyl (C=O) groups is 1. The van der Waals surface area contributed by atoms with Crippen molar-refractivity contribution >= 4 is 27.5 Å². The fourth-order valence-electron chi connectivity index (χ4n) is 1.75. The van der Waals surface area contributed by atoms with Crippen molar-refractivity contribution in [2.45, 2.75) is 6.18 Å². The van der Waals surface area contributed by atoms with Crippen molar-refractivity contribution in [3.05, 3.63) is 57.8 Å². The van der Waals surface area contributed by atoms with Crippen LogP contribution in [0.3, 0.4) is 0 Å². The Morgan fingerprint density at radius 2 is 1.82 bits per heavy atom. The number of amides is 1. The summed E-state index contributed by atoms with van der Waals surface area (Å²) in [6.07, 6.45) is -4.78. The molecule has 0 atom stereocenters. The van der Waals surface area contributed by atoms with Gasteiger partial charge in [0.1, 0.15) is 11.6 Å². The molecule has 0 radical (unpaired) electrons. The van der Waals surface area contributed by atoms with E-state index in [4.69, 9.17) is 0 Å². The lowest BCUT2D eigenvalue weighted by Crippen LogP contribution is -2.19. The number of halogens is 5. The Morgan fingerprint density at radius 3 is 2.41 bits per heavy atom. The Kier molecular flexibility index (Phi) is 4.41. The van der Waals surface area contributed by atoms with Gasteiger partial charge in [-0.05, 0) is 36.4 Å². The third-order valence-electron chi connectivity index (χ3n) is 2.73. The minimum absolute atomic E-state index is 0.273. The summed E-state index contributed by atoms with van der Waals surface area (Å²) >= 11 is 3.02. The number of hydrogen-bond acceptors (Lipinski definition) is 2. The van der Waals surface area contributed by atoms with E-state index in [-0.39, 0.29) is 5.69 Å². The van der Waals surface area contributed by atoms with E-state index in [1.54, 1.807) is 0 Å². The molecule has 0 saturated carbocycles. The normalized spacial score (nSPS) is 11.3. The molecule has 8 heteroatoms. The number of carbonyl (C=O) groups excluding carboxylic acids is 1. The smallest absolute Gasteiger partial charge is 0.417 e. The van der Waals surface area contributed by atoms with E-state index in [0.717, 1.165) is 12.1 Å². The van der Waals surface area contributed by atoms with E-state index in [1.807, 2.05) is 5.32 Å². The maximum atomic E-state index is 13.6. The molecular formula is C14H8BrF4NO2. The Bertz CT molecular complexity index is 731. The number of aromatic hydroxyl groups is 1. The Labute approximate surface area is 130 Å². The molecule has 1 amide bonds. The molecule has 0 aliphatic carbocycles. The summed E-state index contributed by atoms with van der Waals surface area (Å²) < 4.78 is 52.6. The molecule has 22 heavy (non-hydrogen) atoms. The van der Waals surface area contributed by atoms with Crippen LogP contribution in [0.1, 0.15) is 15.9 Å². The van der Waals surface area contributed by atoms with Gasteiger partial charge in [0.15, 0.2) is 0 Å². The zero-order valence-corrected chi connectivity index (χ0v) is 12.3. The molecule has 2 aromatic rings. The van der Waals surface area contributed by atoms with Crippen LogP contribution in [0.5, 0.6) is 5.75 Å². The van der Waals surface area contributed by atoms with Crippen LogP contribution in [0, 0.1) is 5.82 Å². The molecule has 116 valence electrons. The minimum Gasteiger partial charge on any atom is -0.508 e. The summed E-state index contributed by atoms with van der Waals surface area (Å²) in [5, 5.41) is 11.3. The first-order valence-corrected chi connectivity index (χ1v) is 6.64. The number of rotatable bonds is 2. The lowest BCUT2D eigenvalue weighted by molar-refractivity contribution is -0.137. The van der Waals surface area contributed by atoms with Crippen molar-refractivity contribution in [2.24, 2.45) is 0 Å². The first-order valence-electron chi connectivity index (χ1n) is 5.85. The van der Waals surface area contributed by atoms with Crippen LogP contribution < -0.4 is 5.32 Å². The van der Waals surface area contributed by atoms with Crippen LogP contribution in [0.2, 0.25) is 0 Å². The predicted octanol–water partition coefficient (Wildman–Crippen LogP) is 4.56. The maximum absolute atomic E-state index is 13.6. The van der Waals surface area contributed by atoms with Gasteiger partial charge in [-0.3, -0.25) is 4.79 Å². The predicted molar refractivity (Wildman–Crippen MR) is 75.2 cm³/mol. The zero-order chi connectivity index (χ0) is 16.5. The van der Waals surface area contributed by atoms with E-state index < -0.39 is 34.8 Å². The topological polar surface area (TPSA) is 49.3 Å². The molecule has 0 spiro atoms. The van der Waals surface area contributed by atoms with Crippen molar-refractivity contribution in [1.82, 2.24) is 0 Å². The first-order chi connectivity index (χ1) is 10.2. The highest BCUT2D eigenvalue weighted by molar-refractivity contribution is 9.10. The Morgan fingerprint density at radius 1 is 1.14 bits per heavy atom. The van der Waals surface area contributed by atoms with Crippen molar-refractivity contribution in [2.75, 3.05) is 5.32 Å². The van der Waals surface area contributed by atoms with Crippen molar-refractivity contribution in [1.29, 1.82) is 0 Å². The van der Waals surface area contributed by atoms with Crippen LogP contribution in [-0.2, 0) is 6.18 Å². The number of nitrogens with one attached hydrogen (secondary N) is 1. The highest BCUT2D eigenvalue weighted by atomic mass is 79.9. The summed E-state index contributed by atoms with van der Waals surface area (Å²) in [5.41, 5.74) is -2.29. The highest BCUT2D eigenvalue weighted by Gasteiger charge is 2.35. The first kappa shape index (κ1) is 16.3. The number of benzene rings is 2. The minimum atomic E-state index is -4.78. The Hall–Kier alpha value is -2.09. The van der Waals surface area contributed by atoms with Gasteiger partial charge in [-0.15, -0.1) is 0 Å². The lowest BCUT2D eigenvalue weighted by Gasteiger charge is -2.13. The van der Waals surface area contributed by atoms with Crippen LogP contribution in [0.15, 0.2) is 40.9 Å². The third-order valence-corrected chi connectivity index (χ3v) is 3.23. The number of phenolic OH excluding ortho intramolecular Hbond substituents is 1. The van der Waals surface area contributed by atoms with Crippen molar-refractivity contribution in [3.8, 4) is 5.75 Å². The second-order valence-corrected chi connectivity index (χ2v) is 5.22.